The van der Waals surface area contributed by atoms with E-state index in [1.54, 1.807) is 6.07 Å². The van der Waals surface area contributed by atoms with Crippen LogP contribution in [0.5, 0.6) is 5.75 Å². The van der Waals surface area contributed by atoms with E-state index < -0.39 is 29.4 Å². The Morgan fingerprint density at radius 1 is 1.00 bits per heavy atom. The Hall–Kier alpha value is -4.17. The van der Waals surface area contributed by atoms with Crippen LogP contribution in [0.3, 0.4) is 0 Å². The van der Waals surface area contributed by atoms with Gasteiger partial charge >= 0.3 is 6.18 Å². The van der Waals surface area contributed by atoms with Gasteiger partial charge in [0, 0.05) is 11.4 Å². The van der Waals surface area contributed by atoms with Crippen molar-refractivity contribution in [3.8, 4) is 11.8 Å². The van der Waals surface area contributed by atoms with Crippen molar-refractivity contribution in [2.24, 2.45) is 0 Å². The lowest BCUT2D eigenvalue weighted by molar-refractivity contribution is -0.137. The van der Waals surface area contributed by atoms with Crippen molar-refractivity contribution < 1.29 is 31.9 Å². The Labute approximate surface area is 211 Å². The van der Waals surface area contributed by atoms with E-state index in [1.807, 2.05) is 0 Å². The van der Waals surface area contributed by atoms with E-state index in [-0.39, 0.29) is 17.9 Å². The number of alkyl halides is 3. The SMILES string of the molecule is N#C/C(=C/c1ccc(OCC(=O)Nc2ccc(F)cc2)c(Br)c1)C(=O)Nc1cccc(C(F)(F)F)c1. The Morgan fingerprint density at radius 3 is 2.36 bits per heavy atom. The van der Waals surface area contributed by atoms with Gasteiger partial charge in [-0.2, -0.15) is 18.4 Å². The molecule has 0 fully saturated rings. The molecular weight excluding hydrogens is 546 g/mol. The summed E-state index contributed by atoms with van der Waals surface area (Å²) in [7, 11) is 0. The second-order valence-corrected chi connectivity index (χ2v) is 8.09. The number of rotatable bonds is 7. The average Bonchev–Trinajstić information content (AvgIpc) is 2.83. The van der Waals surface area contributed by atoms with Gasteiger partial charge in [-0.1, -0.05) is 12.1 Å². The molecule has 184 valence electrons. The number of nitrogens with one attached hydrogen (secondary N) is 2. The highest BCUT2D eigenvalue weighted by Crippen LogP contribution is 2.31. The fourth-order valence-corrected chi connectivity index (χ4v) is 3.40. The van der Waals surface area contributed by atoms with Gasteiger partial charge in [0.15, 0.2) is 6.61 Å². The number of carbonyl (C=O) groups is 2. The number of ether oxygens (including phenoxy) is 1. The second kappa shape index (κ2) is 11.5. The standard InChI is InChI=1S/C25H16BrF4N3O3/c26-21-11-15(4-9-22(21)36-14-23(34)32-19-7-5-18(27)6-8-19)10-16(13-31)24(35)33-20-3-1-2-17(12-20)25(28,29)30/h1-12H,14H2,(H,32,34)(H,33,35)/b16-10-. The number of nitrogens with zero attached hydrogens (tertiary/aromatic N) is 1. The fourth-order valence-electron chi connectivity index (χ4n) is 2.88. The van der Waals surface area contributed by atoms with Gasteiger partial charge in [-0.25, -0.2) is 4.39 Å². The van der Waals surface area contributed by atoms with Crippen molar-refractivity contribution in [1.82, 2.24) is 0 Å². The van der Waals surface area contributed by atoms with Gasteiger partial charge in [-0.3, -0.25) is 9.59 Å². The molecule has 6 nitrogen and oxygen atoms in total. The van der Waals surface area contributed by atoms with Gasteiger partial charge in [-0.15, -0.1) is 0 Å². The van der Waals surface area contributed by atoms with Crippen LogP contribution in [0.25, 0.3) is 6.08 Å². The van der Waals surface area contributed by atoms with Crippen LogP contribution in [0, 0.1) is 17.1 Å². The van der Waals surface area contributed by atoms with E-state index in [0.717, 1.165) is 18.2 Å². The zero-order chi connectivity index (χ0) is 26.3. The van der Waals surface area contributed by atoms with E-state index in [1.165, 1.54) is 54.6 Å². The zero-order valence-corrected chi connectivity index (χ0v) is 19.8. The first-order chi connectivity index (χ1) is 17.0. The molecule has 36 heavy (non-hydrogen) atoms. The highest BCUT2D eigenvalue weighted by Gasteiger charge is 2.30. The topological polar surface area (TPSA) is 91.2 Å². The highest BCUT2D eigenvalue weighted by molar-refractivity contribution is 9.10. The van der Waals surface area contributed by atoms with Crippen molar-refractivity contribution in [2.75, 3.05) is 17.2 Å². The van der Waals surface area contributed by atoms with E-state index >= 15 is 0 Å². The van der Waals surface area contributed by atoms with Crippen LogP contribution in [0.15, 0.2) is 76.8 Å². The monoisotopic (exact) mass is 561 g/mol. The molecule has 0 bridgehead atoms. The van der Waals surface area contributed by atoms with Gasteiger partial charge in [-0.05, 0) is 82.2 Å². The highest BCUT2D eigenvalue weighted by atomic mass is 79.9. The number of carbonyl (C=O) groups excluding carboxylic acids is 2. The van der Waals surface area contributed by atoms with E-state index in [9.17, 15) is 32.4 Å². The Kier molecular flexibility index (Phi) is 8.45. The Morgan fingerprint density at radius 2 is 1.72 bits per heavy atom. The van der Waals surface area contributed by atoms with E-state index in [4.69, 9.17) is 4.74 Å². The molecule has 0 saturated heterocycles. The number of hydrogen-bond donors (Lipinski definition) is 2. The average molecular weight is 562 g/mol. The number of halogens is 5. The van der Waals surface area contributed by atoms with Crippen LogP contribution in [-0.4, -0.2) is 18.4 Å². The first kappa shape index (κ1) is 26.4. The number of hydrogen-bond acceptors (Lipinski definition) is 4. The molecule has 0 aliphatic heterocycles. The van der Waals surface area contributed by atoms with Crippen molar-refractivity contribution in [2.45, 2.75) is 6.18 Å². The molecule has 0 spiro atoms. The van der Waals surface area contributed by atoms with Crippen molar-refractivity contribution >= 4 is 45.2 Å². The lowest BCUT2D eigenvalue weighted by atomic mass is 10.1. The van der Waals surface area contributed by atoms with Gasteiger partial charge in [0.1, 0.15) is 23.2 Å². The third-order valence-electron chi connectivity index (χ3n) is 4.57. The van der Waals surface area contributed by atoms with Gasteiger partial charge < -0.3 is 15.4 Å². The maximum atomic E-state index is 12.9. The lowest BCUT2D eigenvalue weighted by Crippen LogP contribution is -2.20. The Bertz CT molecular complexity index is 1350. The number of benzene rings is 3. The molecule has 0 unspecified atom stereocenters. The molecular formula is C25H16BrF4N3O3. The zero-order valence-electron chi connectivity index (χ0n) is 18.2. The molecule has 2 N–H and O–H groups in total. The number of anilines is 2. The molecule has 0 heterocycles. The van der Waals surface area contributed by atoms with Crippen LogP contribution >= 0.6 is 15.9 Å². The molecule has 0 aliphatic carbocycles. The summed E-state index contributed by atoms with van der Waals surface area (Å²) >= 11 is 3.28. The molecule has 0 atom stereocenters. The predicted octanol–water partition coefficient (Wildman–Crippen LogP) is 6.17. The largest absolute Gasteiger partial charge is 0.483 e. The molecule has 0 saturated carbocycles. The maximum Gasteiger partial charge on any atom is 0.416 e. The minimum Gasteiger partial charge on any atom is -0.483 e. The quantitative estimate of drug-likeness (QED) is 0.205. The summed E-state index contributed by atoms with van der Waals surface area (Å²) in [5.41, 5.74) is -0.571. The van der Waals surface area contributed by atoms with Crippen LogP contribution in [0.1, 0.15) is 11.1 Å². The number of amides is 2. The van der Waals surface area contributed by atoms with E-state index in [0.29, 0.717) is 21.5 Å². The first-order valence-corrected chi connectivity index (χ1v) is 10.9. The summed E-state index contributed by atoms with van der Waals surface area (Å²) in [6.45, 7) is -0.339. The predicted molar refractivity (Wildman–Crippen MR) is 128 cm³/mol. The summed E-state index contributed by atoms with van der Waals surface area (Å²) in [4.78, 5) is 24.5. The van der Waals surface area contributed by atoms with Crippen molar-refractivity contribution in [1.29, 1.82) is 5.26 Å². The normalized spacial score (nSPS) is 11.4. The lowest BCUT2D eigenvalue weighted by Gasteiger charge is -2.10. The molecule has 0 radical (unpaired) electrons. The van der Waals surface area contributed by atoms with Crippen LogP contribution in [0.2, 0.25) is 0 Å². The smallest absolute Gasteiger partial charge is 0.416 e. The van der Waals surface area contributed by atoms with Crippen molar-refractivity contribution in [3.05, 3.63) is 93.7 Å². The summed E-state index contributed by atoms with van der Waals surface area (Å²) < 4.78 is 57.4. The fraction of sp³-hybridized carbons (Fsp3) is 0.0800. The molecule has 0 aliphatic rings. The first-order valence-electron chi connectivity index (χ1n) is 10.1. The molecule has 3 aromatic carbocycles. The maximum absolute atomic E-state index is 12.9. The van der Waals surface area contributed by atoms with Gasteiger partial charge in [0.2, 0.25) is 0 Å². The molecule has 3 rings (SSSR count). The summed E-state index contributed by atoms with van der Waals surface area (Å²) in [5, 5.41) is 14.2. The molecule has 2 amide bonds. The van der Waals surface area contributed by atoms with Crippen LogP contribution in [0.4, 0.5) is 28.9 Å². The summed E-state index contributed by atoms with van der Waals surface area (Å²) in [5.74, 6) is -1.50. The number of nitriles is 1. The molecule has 3 aromatic rings. The third-order valence-corrected chi connectivity index (χ3v) is 5.19. The summed E-state index contributed by atoms with van der Waals surface area (Å²) in [6, 6.07) is 15.5. The Balaban J connectivity index is 1.64. The van der Waals surface area contributed by atoms with E-state index in [2.05, 4.69) is 26.6 Å². The van der Waals surface area contributed by atoms with Crippen LogP contribution in [-0.2, 0) is 15.8 Å². The minimum absolute atomic E-state index is 0.111. The minimum atomic E-state index is -4.58. The second-order valence-electron chi connectivity index (χ2n) is 7.24. The summed E-state index contributed by atoms with van der Waals surface area (Å²) in [6.07, 6.45) is -3.33. The van der Waals surface area contributed by atoms with Crippen LogP contribution < -0.4 is 15.4 Å². The molecule has 11 heteroatoms. The van der Waals surface area contributed by atoms with Gasteiger partial charge in [0.05, 0.1) is 10.0 Å². The molecule has 0 aromatic heterocycles. The third kappa shape index (κ3) is 7.41. The van der Waals surface area contributed by atoms with Crippen molar-refractivity contribution in [3.63, 3.8) is 0 Å². The van der Waals surface area contributed by atoms with Gasteiger partial charge in [0.25, 0.3) is 11.8 Å².